The fourth-order valence-corrected chi connectivity index (χ4v) is 4.73. The maximum absolute atomic E-state index is 11.8. The van der Waals surface area contributed by atoms with Gasteiger partial charge in [0, 0.05) is 24.3 Å². The Morgan fingerprint density at radius 1 is 1.50 bits per heavy atom. The molecule has 1 aromatic rings. The number of thioether (sulfide) groups is 1. The molecule has 0 N–H and O–H groups in total. The van der Waals surface area contributed by atoms with E-state index in [-0.39, 0.29) is 0 Å². The van der Waals surface area contributed by atoms with Crippen molar-refractivity contribution in [2.75, 3.05) is 29.2 Å². The Morgan fingerprint density at radius 2 is 2.28 bits per heavy atom. The van der Waals surface area contributed by atoms with Crippen molar-refractivity contribution in [3.05, 3.63) is 18.1 Å². The average Bonchev–Trinajstić information content (AvgIpc) is 2.38. The Bertz CT molecular complexity index is 506. The monoisotopic (exact) mass is 307 g/mol. The highest BCUT2D eigenvalue weighted by Crippen LogP contribution is 2.24. The molecule has 0 saturated carbocycles. The molecular weight excluding hydrogens is 294 g/mol. The van der Waals surface area contributed by atoms with Crippen LogP contribution in [0.2, 0.25) is 0 Å². The second kappa shape index (κ2) is 5.63. The first-order chi connectivity index (χ1) is 8.52. The van der Waals surface area contributed by atoms with Gasteiger partial charge < -0.3 is 4.90 Å². The second-order valence-corrected chi connectivity index (χ2v) is 7.67. The van der Waals surface area contributed by atoms with Crippen LogP contribution in [-0.2, 0) is 15.7 Å². The third kappa shape index (κ3) is 3.07. The molecule has 0 bridgehead atoms. The van der Waals surface area contributed by atoms with E-state index in [9.17, 15) is 8.42 Å². The first-order valence-corrected chi connectivity index (χ1v) is 9.07. The minimum absolute atomic E-state index is 0.304. The van der Waals surface area contributed by atoms with E-state index in [2.05, 4.69) is 9.97 Å². The van der Waals surface area contributed by atoms with Crippen LogP contribution in [0, 0.1) is 0 Å². The lowest BCUT2D eigenvalue weighted by Gasteiger charge is -2.34. The highest BCUT2D eigenvalue weighted by Gasteiger charge is 2.31. The van der Waals surface area contributed by atoms with Crippen LogP contribution in [0.4, 0.5) is 5.82 Å². The van der Waals surface area contributed by atoms with Gasteiger partial charge in [0.1, 0.15) is 11.2 Å². The number of hydrogen-bond acceptors (Lipinski definition) is 6. The summed E-state index contributed by atoms with van der Waals surface area (Å²) in [4.78, 5) is 10.2. The molecule has 2 heterocycles. The molecule has 1 unspecified atom stereocenters. The van der Waals surface area contributed by atoms with Gasteiger partial charge in [0.15, 0.2) is 9.84 Å². The molecular formula is C10H14ClN3O2S2. The number of halogens is 1. The van der Waals surface area contributed by atoms with Crippen molar-refractivity contribution >= 4 is 39.0 Å². The molecule has 2 rings (SSSR count). The molecule has 1 aromatic heterocycles. The molecule has 1 saturated heterocycles. The summed E-state index contributed by atoms with van der Waals surface area (Å²) in [5.41, 5.74) is 0.683. The van der Waals surface area contributed by atoms with E-state index in [1.165, 1.54) is 6.26 Å². The van der Waals surface area contributed by atoms with Crippen molar-refractivity contribution < 1.29 is 8.42 Å². The van der Waals surface area contributed by atoms with Gasteiger partial charge in [0.05, 0.1) is 24.0 Å². The van der Waals surface area contributed by atoms with E-state index in [1.54, 1.807) is 29.1 Å². The summed E-state index contributed by atoms with van der Waals surface area (Å²) in [5.74, 6) is 2.36. The lowest BCUT2D eigenvalue weighted by atomic mass is 10.4. The Kier molecular flexibility index (Phi) is 4.34. The van der Waals surface area contributed by atoms with Crippen molar-refractivity contribution in [1.82, 2.24) is 9.97 Å². The fraction of sp³-hybridized carbons (Fsp3) is 0.600. The van der Waals surface area contributed by atoms with Gasteiger partial charge in [-0.25, -0.2) is 13.4 Å². The quantitative estimate of drug-likeness (QED) is 0.780. The van der Waals surface area contributed by atoms with E-state index in [0.29, 0.717) is 29.7 Å². The van der Waals surface area contributed by atoms with E-state index >= 15 is 0 Å². The van der Waals surface area contributed by atoms with Gasteiger partial charge in [0.2, 0.25) is 0 Å². The van der Waals surface area contributed by atoms with E-state index in [1.807, 2.05) is 0 Å². The molecule has 100 valence electrons. The summed E-state index contributed by atoms with van der Waals surface area (Å²) < 4.78 is 23.5. The SMILES string of the molecule is CS(=O)(=O)C1CSCCN1c1cnc(CCl)cn1. The summed E-state index contributed by atoms with van der Waals surface area (Å²) in [6.45, 7) is 0.664. The summed E-state index contributed by atoms with van der Waals surface area (Å²) in [6.07, 6.45) is 4.44. The van der Waals surface area contributed by atoms with Crippen LogP contribution in [-0.4, -0.2) is 48.1 Å². The van der Waals surface area contributed by atoms with Crippen molar-refractivity contribution in [1.29, 1.82) is 0 Å². The molecule has 1 atom stereocenters. The largest absolute Gasteiger partial charge is 0.337 e. The maximum atomic E-state index is 11.8. The molecule has 1 aliphatic rings. The van der Waals surface area contributed by atoms with E-state index < -0.39 is 15.2 Å². The number of nitrogens with zero attached hydrogens (tertiary/aromatic N) is 3. The molecule has 5 nitrogen and oxygen atoms in total. The Labute approximate surface area is 116 Å². The second-order valence-electron chi connectivity index (χ2n) is 4.05. The van der Waals surface area contributed by atoms with Crippen LogP contribution in [0.5, 0.6) is 0 Å². The molecule has 1 fully saturated rings. The summed E-state index contributed by atoms with van der Waals surface area (Å²) in [6, 6.07) is 0. The molecule has 18 heavy (non-hydrogen) atoms. The number of alkyl halides is 1. The Balaban J connectivity index is 2.28. The predicted octanol–water partition coefficient (Wildman–Crippen LogP) is 1.14. The minimum atomic E-state index is -3.13. The van der Waals surface area contributed by atoms with Gasteiger partial charge in [0.25, 0.3) is 0 Å². The van der Waals surface area contributed by atoms with Crippen LogP contribution in [0.25, 0.3) is 0 Å². The number of rotatable bonds is 3. The number of anilines is 1. The summed E-state index contributed by atoms with van der Waals surface area (Å²) >= 11 is 7.30. The van der Waals surface area contributed by atoms with Gasteiger partial charge in [-0.2, -0.15) is 11.8 Å². The van der Waals surface area contributed by atoms with Crippen LogP contribution < -0.4 is 4.90 Å². The molecule has 0 amide bonds. The topological polar surface area (TPSA) is 63.2 Å². The predicted molar refractivity (Wildman–Crippen MR) is 74.9 cm³/mol. The lowest BCUT2D eigenvalue weighted by molar-refractivity contribution is 0.583. The summed E-state index contributed by atoms with van der Waals surface area (Å²) in [7, 11) is -3.13. The van der Waals surface area contributed by atoms with Gasteiger partial charge in [-0.3, -0.25) is 4.98 Å². The molecule has 0 radical (unpaired) electrons. The van der Waals surface area contributed by atoms with Gasteiger partial charge in [-0.05, 0) is 0 Å². The smallest absolute Gasteiger partial charge is 0.169 e. The van der Waals surface area contributed by atoms with Crippen LogP contribution in [0.15, 0.2) is 12.4 Å². The van der Waals surface area contributed by atoms with Crippen molar-refractivity contribution in [3.8, 4) is 0 Å². The van der Waals surface area contributed by atoms with Crippen molar-refractivity contribution in [2.24, 2.45) is 0 Å². The number of aromatic nitrogens is 2. The highest BCUT2D eigenvalue weighted by atomic mass is 35.5. The van der Waals surface area contributed by atoms with Crippen LogP contribution >= 0.6 is 23.4 Å². The first kappa shape index (κ1) is 13.9. The van der Waals surface area contributed by atoms with Crippen LogP contribution in [0.3, 0.4) is 0 Å². The van der Waals surface area contributed by atoms with Gasteiger partial charge in [-0.1, -0.05) is 0 Å². The number of sulfone groups is 1. The lowest BCUT2D eigenvalue weighted by Crippen LogP contribution is -2.47. The van der Waals surface area contributed by atoms with E-state index in [4.69, 9.17) is 11.6 Å². The third-order valence-corrected chi connectivity index (χ3v) is 5.62. The first-order valence-electron chi connectivity index (χ1n) is 5.42. The molecule has 8 heteroatoms. The Morgan fingerprint density at radius 3 is 2.83 bits per heavy atom. The zero-order valence-corrected chi connectivity index (χ0v) is 12.3. The zero-order valence-electron chi connectivity index (χ0n) is 9.91. The zero-order chi connectivity index (χ0) is 13.2. The highest BCUT2D eigenvalue weighted by molar-refractivity contribution is 8.01. The molecule has 0 aromatic carbocycles. The standard InChI is InChI=1S/C10H14ClN3O2S2/c1-18(15,16)10-7-17-3-2-14(10)9-6-12-8(4-11)5-13-9/h5-6,10H,2-4,7H2,1H3. The Hall–Kier alpha value is -0.530. The van der Waals surface area contributed by atoms with E-state index in [0.717, 1.165) is 5.75 Å². The number of hydrogen-bond donors (Lipinski definition) is 0. The van der Waals surface area contributed by atoms with Gasteiger partial charge in [-0.15, -0.1) is 11.6 Å². The average molecular weight is 308 g/mol. The van der Waals surface area contributed by atoms with Crippen LogP contribution in [0.1, 0.15) is 5.69 Å². The molecule has 1 aliphatic heterocycles. The fourth-order valence-electron chi connectivity index (χ4n) is 1.76. The van der Waals surface area contributed by atoms with Crippen molar-refractivity contribution in [3.63, 3.8) is 0 Å². The molecule has 0 spiro atoms. The minimum Gasteiger partial charge on any atom is -0.337 e. The third-order valence-electron chi connectivity index (χ3n) is 2.70. The maximum Gasteiger partial charge on any atom is 0.169 e. The van der Waals surface area contributed by atoms with Crippen molar-refractivity contribution in [2.45, 2.75) is 11.3 Å². The normalized spacial score (nSPS) is 21.0. The summed E-state index contributed by atoms with van der Waals surface area (Å²) in [5, 5.41) is -0.521. The molecule has 0 aliphatic carbocycles. The van der Waals surface area contributed by atoms with Gasteiger partial charge >= 0.3 is 0 Å².